The number of nitrogens with zero attached hydrogens (tertiary/aromatic N) is 3. The highest BCUT2D eigenvalue weighted by Gasteiger charge is 2.14. The molecular weight excluding hydrogens is 248 g/mol. The summed E-state index contributed by atoms with van der Waals surface area (Å²) in [4.78, 5) is 11.8. The molecule has 1 aromatic rings. The van der Waals surface area contributed by atoms with Gasteiger partial charge in [0, 0.05) is 31.6 Å². The second-order valence-electron chi connectivity index (χ2n) is 5.91. The third-order valence-corrected chi connectivity index (χ3v) is 3.78. The summed E-state index contributed by atoms with van der Waals surface area (Å²) in [6.45, 7) is 9.56. The van der Waals surface area contributed by atoms with E-state index in [4.69, 9.17) is 4.98 Å². The molecule has 1 fully saturated rings. The van der Waals surface area contributed by atoms with E-state index in [1.165, 1.54) is 32.1 Å². The molecule has 0 unspecified atom stereocenters. The molecule has 2 rings (SSSR count). The lowest BCUT2D eigenvalue weighted by Crippen LogP contribution is -2.28. The average Bonchev–Trinajstić information content (AvgIpc) is 2.38. The summed E-state index contributed by atoms with van der Waals surface area (Å²) in [5.74, 6) is 3.37. The zero-order chi connectivity index (χ0) is 14.4. The highest BCUT2D eigenvalue weighted by Crippen LogP contribution is 2.22. The molecular formula is C16H28N4. The number of rotatable bonds is 4. The third kappa shape index (κ3) is 4.09. The van der Waals surface area contributed by atoms with Gasteiger partial charge in [0.1, 0.15) is 17.5 Å². The zero-order valence-electron chi connectivity index (χ0n) is 13.2. The molecule has 112 valence electrons. The number of anilines is 2. The van der Waals surface area contributed by atoms with Gasteiger partial charge in [-0.05, 0) is 19.8 Å². The molecule has 0 atom stereocenters. The Kier molecular flexibility index (Phi) is 5.62. The Balaban J connectivity index is 2.23. The van der Waals surface area contributed by atoms with Crippen molar-refractivity contribution in [2.24, 2.45) is 0 Å². The van der Waals surface area contributed by atoms with Gasteiger partial charge in [0.05, 0.1) is 0 Å². The normalized spacial score (nSPS) is 16.9. The Morgan fingerprint density at radius 2 is 1.75 bits per heavy atom. The fourth-order valence-corrected chi connectivity index (χ4v) is 2.62. The van der Waals surface area contributed by atoms with Crippen LogP contribution in [0.2, 0.25) is 0 Å². The van der Waals surface area contributed by atoms with Crippen molar-refractivity contribution in [2.45, 2.75) is 58.8 Å². The molecule has 1 aliphatic heterocycles. The van der Waals surface area contributed by atoms with E-state index in [1.54, 1.807) is 0 Å². The summed E-state index contributed by atoms with van der Waals surface area (Å²) < 4.78 is 0. The molecule has 4 heteroatoms. The number of hydrogen-bond donors (Lipinski definition) is 1. The molecule has 1 aromatic heterocycles. The minimum absolute atomic E-state index is 0.363. The van der Waals surface area contributed by atoms with Crippen molar-refractivity contribution in [3.63, 3.8) is 0 Å². The Labute approximate surface area is 123 Å². The van der Waals surface area contributed by atoms with Crippen LogP contribution in [-0.2, 0) is 0 Å². The van der Waals surface area contributed by atoms with E-state index in [9.17, 15) is 0 Å². The molecule has 4 nitrogen and oxygen atoms in total. The Bertz CT molecular complexity index is 409. The fraction of sp³-hybridized carbons (Fsp3) is 0.750. The van der Waals surface area contributed by atoms with E-state index in [0.717, 1.165) is 37.1 Å². The highest BCUT2D eigenvalue weighted by atomic mass is 15.2. The second-order valence-corrected chi connectivity index (χ2v) is 5.91. The molecule has 0 spiro atoms. The maximum Gasteiger partial charge on any atom is 0.135 e. The Hall–Kier alpha value is -1.32. The summed E-state index contributed by atoms with van der Waals surface area (Å²) in [6, 6.07) is 2.11. The van der Waals surface area contributed by atoms with Gasteiger partial charge in [-0.25, -0.2) is 9.97 Å². The van der Waals surface area contributed by atoms with Crippen molar-refractivity contribution in [1.29, 1.82) is 0 Å². The third-order valence-electron chi connectivity index (χ3n) is 3.78. The quantitative estimate of drug-likeness (QED) is 0.908. The summed E-state index contributed by atoms with van der Waals surface area (Å²) in [7, 11) is 0. The molecule has 0 aliphatic carbocycles. The topological polar surface area (TPSA) is 41.0 Å². The monoisotopic (exact) mass is 276 g/mol. The van der Waals surface area contributed by atoms with Gasteiger partial charge in [0.25, 0.3) is 0 Å². The number of nitrogens with one attached hydrogen (secondary N) is 1. The van der Waals surface area contributed by atoms with Crippen LogP contribution < -0.4 is 10.2 Å². The van der Waals surface area contributed by atoms with Crippen LogP contribution in [0.4, 0.5) is 11.6 Å². The van der Waals surface area contributed by atoms with Crippen molar-refractivity contribution in [1.82, 2.24) is 9.97 Å². The van der Waals surface area contributed by atoms with Crippen molar-refractivity contribution >= 4 is 11.6 Å². The largest absolute Gasteiger partial charge is 0.370 e. The van der Waals surface area contributed by atoms with Gasteiger partial charge in [-0.3, -0.25) is 0 Å². The lowest BCUT2D eigenvalue weighted by molar-refractivity contribution is 0.552. The van der Waals surface area contributed by atoms with Gasteiger partial charge < -0.3 is 10.2 Å². The Morgan fingerprint density at radius 3 is 2.35 bits per heavy atom. The van der Waals surface area contributed by atoms with Crippen molar-refractivity contribution in [3.05, 3.63) is 11.9 Å². The van der Waals surface area contributed by atoms with E-state index in [-0.39, 0.29) is 0 Å². The maximum absolute atomic E-state index is 4.79. The molecule has 0 radical (unpaired) electrons. The van der Waals surface area contributed by atoms with E-state index in [0.29, 0.717) is 5.92 Å². The Morgan fingerprint density at radius 1 is 1.10 bits per heavy atom. The van der Waals surface area contributed by atoms with Crippen molar-refractivity contribution in [2.75, 3.05) is 29.9 Å². The zero-order valence-corrected chi connectivity index (χ0v) is 13.2. The first kappa shape index (κ1) is 15.1. The first-order valence-electron chi connectivity index (χ1n) is 8.08. The molecule has 1 N–H and O–H groups in total. The first-order valence-corrected chi connectivity index (χ1v) is 8.08. The van der Waals surface area contributed by atoms with Crippen LogP contribution in [0.25, 0.3) is 0 Å². The van der Waals surface area contributed by atoms with E-state index in [1.807, 2.05) is 0 Å². The predicted octanol–water partition coefficient (Wildman–Crippen LogP) is 3.80. The molecule has 0 saturated carbocycles. The van der Waals surface area contributed by atoms with Crippen LogP contribution in [0, 0.1) is 0 Å². The van der Waals surface area contributed by atoms with E-state index >= 15 is 0 Å². The SMILES string of the molecule is CCNc1cc(N2CCCCCCC2)nc(C(C)C)n1. The van der Waals surface area contributed by atoms with Crippen molar-refractivity contribution in [3.8, 4) is 0 Å². The molecule has 20 heavy (non-hydrogen) atoms. The van der Waals surface area contributed by atoms with Crippen LogP contribution in [0.15, 0.2) is 6.07 Å². The van der Waals surface area contributed by atoms with Gasteiger partial charge in [-0.15, -0.1) is 0 Å². The van der Waals surface area contributed by atoms with Crippen molar-refractivity contribution < 1.29 is 0 Å². The lowest BCUT2D eigenvalue weighted by atomic mass is 10.1. The van der Waals surface area contributed by atoms with Gasteiger partial charge in [-0.2, -0.15) is 0 Å². The second kappa shape index (κ2) is 7.46. The van der Waals surface area contributed by atoms with Gasteiger partial charge in [0.15, 0.2) is 0 Å². The molecule has 2 heterocycles. The van der Waals surface area contributed by atoms with Crippen LogP contribution in [0.5, 0.6) is 0 Å². The molecule has 1 aliphatic rings. The number of hydrogen-bond acceptors (Lipinski definition) is 4. The highest BCUT2D eigenvalue weighted by molar-refractivity contribution is 5.49. The smallest absolute Gasteiger partial charge is 0.135 e. The van der Waals surface area contributed by atoms with Gasteiger partial charge in [-0.1, -0.05) is 33.1 Å². The molecule has 0 amide bonds. The molecule has 0 aromatic carbocycles. The summed E-state index contributed by atoms with van der Waals surface area (Å²) in [5.41, 5.74) is 0. The minimum atomic E-state index is 0.363. The number of aromatic nitrogens is 2. The van der Waals surface area contributed by atoms with Gasteiger partial charge >= 0.3 is 0 Å². The van der Waals surface area contributed by atoms with Gasteiger partial charge in [0.2, 0.25) is 0 Å². The van der Waals surface area contributed by atoms with Crippen LogP contribution in [-0.4, -0.2) is 29.6 Å². The molecule has 0 bridgehead atoms. The lowest BCUT2D eigenvalue weighted by Gasteiger charge is -2.26. The maximum atomic E-state index is 4.79. The van der Waals surface area contributed by atoms with E-state index in [2.05, 4.69) is 42.0 Å². The average molecular weight is 276 g/mol. The van der Waals surface area contributed by atoms with E-state index < -0.39 is 0 Å². The predicted molar refractivity (Wildman–Crippen MR) is 85.6 cm³/mol. The summed E-state index contributed by atoms with van der Waals surface area (Å²) >= 11 is 0. The van der Waals surface area contributed by atoms with Crippen LogP contribution in [0.1, 0.15) is 64.6 Å². The summed E-state index contributed by atoms with van der Waals surface area (Å²) in [5, 5.41) is 3.33. The van der Waals surface area contributed by atoms with Crippen LogP contribution >= 0.6 is 0 Å². The van der Waals surface area contributed by atoms with Crippen LogP contribution in [0.3, 0.4) is 0 Å². The first-order chi connectivity index (χ1) is 9.70. The standard InChI is InChI=1S/C16H28N4/c1-4-17-14-12-15(19-16(18-14)13(2)3)20-10-8-6-5-7-9-11-20/h12-13H,4-11H2,1-3H3,(H,17,18,19). The minimum Gasteiger partial charge on any atom is -0.370 e. The fourth-order valence-electron chi connectivity index (χ4n) is 2.62. The molecule has 1 saturated heterocycles. The summed E-state index contributed by atoms with van der Waals surface area (Å²) in [6.07, 6.45) is 6.63.